The molecule has 0 heterocycles. The van der Waals surface area contributed by atoms with E-state index in [1.165, 1.54) is 0 Å². The van der Waals surface area contributed by atoms with E-state index in [4.69, 9.17) is 5.11 Å². The van der Waals surface area contributed by atoms with Crippen LogP contribution in [0.1, 0.15) is 5.56 Å². The van der Waals surface area contributed by atoms with Gasteiger partial charge in [-0.3, -0.25) is 4.79 Å². The maximum atomic E-state index is 10.7. The van der Waals surface area contributed by atoms with E-state index in [-0.39, 0.29) is 0 Å². The summed E-state index contributed by atoms with van der Waals surface area (Å²) < 4.78 is 0.963. The highest BCUT2D eigenvalue weighted by atomic mass is 79.9. The number of carbonyl (C=O) groups excluding carboxylic acids is 1. The normalized spacial score (nSPS) is 9.67. The van der Waals surface area contributed by atoms with Gasteiger partial charge < -0.3 is 10.4 Å². The summed E-state index contributed by atoms with van der Waals surface area (Å²) in [4.78, 5) is 20.9. The number of carbonyl (C=O) groups is 2. The number of amides is 1. The van der Waals surface area contributed by atoms with Crippen molar-refractivity contribution in [2.45, 2.75) is 6.42 Å². The van der Waals surface area contributed by atoms with Crippen molar-refractivity contribution in [2.24, 2.45) is 0 Å². The lowest BCUT2D eigenvalue weighted by Crippen LogP contribution is -2.32. The molecule has 0 aromatic heterocycles. The topological polar surface area (TPSA) is 66.4 Å². The van der Waals surface area contributed by atoms with E-state index in [2.05, 4.69) is 21.2 Å². The summed E-state index contributed by atoms with van der Waals surface area (Å²) in [6.45, 7) is 0.321. The number of halogens is 1. The van der Waals surface area contributed by atoms with Gasteiger partial charge in [0, 0.05) is 11.0 Å². The molecule has 0 spiro atoms. The Labute approximate surface area is 95.4 Å². The van der Waals surface area contributed by atoms with E-state index < -0.39 is 11.9 Å². The SMILES string of the molecule is O=C(O)C(=O)NCCc1cccc(Br)c1. The lowest BCUT2D eigenvalue weighted by molar-refractivity contribution is -0.150. The predicted octanol–water partition coefficient (Wildman–Crippen LogP) is 1.19. The minimum absolute atomic E-state index is 0.321. The number of aliphatic carboxylic acids is 1. The molecular weight excluding hydrogens is 262 g/mol. The summed E-state index contributed by atoms with van der Waals surface area (Å²) >= 11 is 3.32. The van der Waals surface area contributed by atoms with Crippen LogP contribution < -0.4 is 5.32 Å². The molecule has 2 N–H and O–H groups in total. The van der Waals surface area contributed by atoms with Gasteiger partial charge >= 0.3 is 11.9 Å². The Morgan fingerprint density at radius 1 is 1.40 bits per heavy atom. The van der Waals surface area contributed by atoms with E-state index in [9.17, 15) is 9.59 Å². The van der Waals surface area contributed by atoms with E-state index in [0.29, 0.717) is 13.0 Å². The molecule has 0 aliphatic heterocycles. The molecule has 0 aliphatic carbocycles. The van der Waals surface area contributed by atoms with Gasteiger partial charge in [-0.1, -0.05) is 28.1 Å². The smallest absolute Gasteiger partial charge is 0.394 e. The Bertz CT molecular complexity index is 379. The minimum Gasteiger partial charge on any atom is -0.474 e. The van der Waals surface area contributed by atoms with E-state index >= 15 is 0 Å². The van der Waals surface area contributed by atoms with E-state index in [1.807, 2.05) is 24.3 Å². The highest BCUT2D eigenvalue weighted by molar-refractivity contribution is 9.10. The van der Waals surface area contributed by atoms with Crippen LogP contribution in [-0.4, -0.2) is 23.5 Å². The van der Waals surface area contributed by atoms with Crippen molar-refractivity contribution in [2.75, 3.05) is 6.54 Å². The number of carboxylic acid groups (broad SMARTS) is 1. The van der Waals surface area contributed by atoms with Crippen molar-refractivity contribution >= 4 is 27.8 Å². The summed E-state index contributed by atoms with van der Waals surface area (Å²) in [5.74, 6) is -2.42. The van der Waals surface area contributed by atoms with Gasteiger partial charge in [-0.15, -0.1) is 0 Å². The Balaban J connectivity index is 2.38. The number of rotatable bonds is 3. The van der Waals surface area contributed by atoms with Gasteiger partial charge in [0.15, 0.2) is 0 Å². The zero-order valence-electron chi connectivity index (χ0n) is 7.87. The van der Waals surface area contributed by atoms with Gasteiger partial charge in [-0.05, 0) is 24.1 Å². The standard InChI is InChI=1S/C10H10BrNO3/c11-8-3-1-2-7(6-8)4-5-12-9(13)10(14)15/h1-3,6H,4-5H2,(H,12,13)(H,14,15). The van der Waals surface area contributed by atoms with Gasteiger partial charge in [0.1, 0.15) is 0 Å². The van der Waals surface area contributed by atoms with Crippen LogP contribution in [0.15, 0.2) is 28.7 Å². The average Bonchev–Trinajstić information content (AvgIpc) is 2.17. The van der Waals surface area contributed by atoms with Crippen LogP contribution in [0, 0.1) is 0 Å². The molecule has 0 atom stereocenters. The van der Waals surface area contributed by atoms with Crippen molar-refractivity contribution in [3.05, 3.63) is 34.3 Å². The number of hydrogen-bond donors (Lipinski definition) is 2. The highest BCUT2D eigenvalue weighted by Crippen LogP contribution is 2.11. The maximum Gasteiger partial charge on any atom is 0.394 e. The van der Waals surface area contributed by atoms with Crippen molar-refractivity contribution < 1.29 is 14.7 Å². The maximum absolute atomic E-state index is 10.7. The molecule has 0 saturated carbocycles. The highest BCUT2D eigenvalue weighted by Gasteiger charge is 2.08. The molecule has 0 unspecified atom stereocenters. The van der Waals surface area contributed by atoms with Gasteiger partial charge in [0.2, 0.25) is 0 Å². The first-order valence-electron chi connectivity index (χ1n) is 4.35. The fraction of sp³-hybridized carbons (Fsp3) is 0.200. The van der Waals surface area contributed by atoms with Gasteiger partial charge in [-0.2, -0.15) is 0 Å². The van der Waals surface area contributed by atoms with Crippen LogP contribution >= 0.6 is 15.9 Å². The molecule has 1 rings (SSSR count). The third-order valence-electron chi connectivity index (χ3n) is 1.78. The molecule has 0 aliphatic rings. The molecule has 1 aromatic rings. The number of nitrogens with one attached hydrogen (secondary N) is 1. The molecular formula is C10H10BrNO3. The average molecular weight is 272 g/mol. The van der Waals surface area contributed by atoms with E-state index in [0.717, 1.165) is 10.0 Å². The third kappa shape index (κ3) is 4.12. The molecule has 1 amide bonds. The Kier molecular flexibility index (Phi) is 4.30. The fourth-order valence-electron chi connectivity index (χ4n) is 1.09. The zero-order valence-corrected chi connectivity index (χ0v) is 9.45. The molecule has 0 fully saturated rings. The molecule has 1 aromatic carbocycles. The first-order chi connectivity index (χ1) is 7.09. The van der Waals surface area contributed by atoms with Crippen molar-refractivity contribution in [3.8, 4) is 0 Å². The van der Waals surface area contributed by atoms with Crippen molar-refractivity contribution in [1.29, 1.82) is 0 Å². The summed E-state index contributed by atoms with van der Waals surface area (Å²) in [6.07, 6.45) is 0.610. The molecule has 15 heavy (non-hydrogen) atoms. The van der Waals surface area contributed by atoms with Crippen molar-refractivity contribution in [1.82, 2.24) is 5.32 Å². The summed E-state index contributed by atoms with van der Waals surface area (Å²) in [7, 11) is 0. The molecule has 4 nitrogen and oxygen atoms in total. The predicted molar refractivity (Wildman–Crippen MR) is 58.5 cm³/mol. The lowest BCUT2D eigenvalue weighted by atomic mass is 10.1. The summed E-state index contributed by atoms with van der Waals surface area (Å²) in [5, 5.41) is 10.6. The molecule has 0 radical (unpaired) electrons. The van der Waals surface area contributed by atoms with Gasteiger partial charge in [0.25, 0.3) is 0 Å². The second kappa shape index (κ2) is 5.50. The summed E-state index contributed by atoms with van der Waals surface area (Å²) in [5.41, 5.74) is 1.04. The van der Waals surface area contributed by atoms with Gasteiger partial charge in [-0.25, -0.2) is 4.79 Å². The molecule has 0 bridgehead atoms. The van der Waals surface area contributed by atoms with Crippen LogP contribution in [0.2, 0.25) is 0 Å². The van der Waals surface area contributed by atoms with Crippen LogP contribution in [0.5, 0.6) is 0 Å². The second-order valence-corrected chi connectivity index (χ2v) is 3.86. The quantitative estimate of drug-likeness (QED) is 0.812. The lowest BCUT2D eigenvalue weighted by Gasteiger charge is -2.02. The monoisotopic (exact) mass is 271 g/mol. The Morgan fingerprint density at radius 2 is 2.13 bits per heavy atom. The second-order valence-electron chi connectivity index (χ2n) is 2.94. The van der Waals surface area contributed by atoms with Crippen LogP contribution in [0.25, 0.3) is 0 Å². The zero-order chi connectivity index (χ0) is 11.3. The fourth-order valence-corrected chi connectivity index (χ4v) is 1.54. The largest absolute Gasteiger partial charge is 0.474 e. The third-order valence-corrected chi connectivity index (χ3v) is 2.28. The first kappa shape index (κ1) is 11.7. The van der Waals surface area contributed by atoms with Gasteiger partial charge in [0.05, 0.1) is 0 Å². The van der Waals surface area contributed by atoms with Crippen LogP contribution in [0.3, 0.4) is 0 Å². The Morgan fingerprint density at radius 3 is 2.73 bits per heavy atom. The molecule has 80 valence electrons. The molecule has 5 heteroatoms. The first-order valence-corrected chi connectivity index (χ1v) is 5.14. The van der Waals surface area contributed by atoms with Crippen molar-refractivity contribution in [3.63, 3.8) is 0 Å². The summed E-state index contributed by atoms with van der Waals surface area (Å²) in [6, 6.07) is 7.63. The van der Waals surface area contributed by atoms with E-state index in [1.54, 1.807) is 0 Å². The number of benzene rings is 1. The van der Waals surface area contributed by atoms with Crippen LogP contribution in [-0.2, 0) is 16.0 Å². The van der Waals surface area contributed by atoms with Crippen LogP contribution in [0.4, 0.5) is 0 Å². The number of carboxylic acids is 1. The Hall–Kier alpha value is -1.36. The molecule has 0 saturated heterocycles. The minimum atomic E-state index is -1.45. The number of hydrogen-bond acceptors (Lipinski definition) is 2.